The molecule has 0 radical (unpaired) electrons. The Labute approximate surface area is 139 Å². The molecule has 3 heteroatoms. The molecule has 1 fully saturated rings. The number of carbonyl (C=O) groups is 1. The van der Waals surface area contributed by atoms with Gasteiger partial charge in [0.25, 0.3) is 5.91 Å². The second-order valence-corrected chi connectivity index (χ2v) is 6.65. The molecule has 1 aliphatic rings. The number of nitriles is 1. The molecule has 0 unspecified atom stereocenters. The normalized spacial score (nSPS) is 16.7. The zero-order valence-electron chi connectivity index (χ0n) is 14.1. The van der Waals surface area contributed by atoms with Crippen LogP contribution in [0.4, 0.5) is 0 Å². The van der Waals surface area contributed by atoms with Crippen LogP contribution < -0.4 is 5.32 Å². The molecule has 1 aromatic carbocycles. The molecular formula is C20H26N2O. The minimum Gasteiger partial charge on any atom is -0.349 e. The summed E-state index contributed by atoms with van der Waals surface area (Å²) in [6.45, 7) is 4.29. The molecule has 1 N–H and O–H groups in total. The van der Waals surface area contributed by atoms with Crippen molar-refractivity contribution < 1.29 is 4.79 Å². The Bertz CT molecular complexity index is 585. The Morgan fingerprint density at radius 2 is 1.78 bits per heavy atom. The first-order valence-corrected chi connectivity index (χ1v) is 8.62. The molecular weight excluding hydrogens is 284 g/mol. The molecule has 0 atom stereocenters. The van der Waals surface area contributed by atoms with Crippen molar-refractivity contribution in [1.29, 1.82) is 5.26 Å². The summed E-state index contributed by atoms with van der Waals surface area (Å²) in [4.78, 5) is 12.3. The van der Waals surface area contributed by atoms with Crippen LogP contribution in [0.15, 0.2) is 29.8 Å². The zero-order valence-corrected chi connectivity index (χ0v) is 14.1. The van der Waals surface area contributed by atoms with Crippen LogP contribution in [0.1, 0.15) is 69.4 Å². The van der Waals surface area contributed by atoms with Crippen molar-refractivity contribution in [2.24, 2.45) is 0 Å². The van der Waals surface area contributed by atoms with Crippen molar-refractivity contribution in [3.05, 3.63) is 41.0 Å². The molecule has 1 aromatic rings. The lowest BCUT2D eigenvalue weighted by Gasteiger charge is -2.15. The van der Waals surface area contributed by atoms with Gasteiger partial charge in [0.2, 0.25) is 0 Å². The van der Waals surface area contributed by atoms with E-state index in [1.807, 2.05) is 18.2 Å². The maximum absolute atomic E-state index is 12.3. The minimum absolute atomic E-state index is 0.187. The first-order valence-electron chi connectivity index (χ1n) is 8.62. The maximum Gasteiger partial charge on any atom is 0.262 e. The molecule has 0 aliphatic heterocycles. The number of hydrogen-bond donors (Lipinski definition) is 1. The van der Waals surface area contributed by atoms with Crippen LogP contribution in [0.3, 0.4) is 0 Å². The SMILES string of the molecule is CC(C)c1ccc(C=C(C#N)C(=O)NC2CCCCCC2)cc1. The van der Waals surface area contributed by atoms with Gasteiger partial charge in [-0.05, 0) is 36.0 Å². The van der Waals surface area contributed by atoms with Crippen molar-refractivity contribution in [1.82, 2.24) is 5.32 Å². The second-order valence-electron chi connectivity index (χ2n) is 6.65. The van der Waals surface area contributed by atoms with Crippen LogP contribution in [0.25, 0.3) is 6.08 Å². The fraction of sp³-hybridized carbons (Fsp3) is 0.500. The van der Waals surface area contributed by atoms with Gasteiger partial charge in [0.1, 0.15) is 11.6 Å². The minimum atomic E-state index is -0.243. The van der Waals surface area contributed by atoms with E-state index in [4.69, 9.17) is 0 Å². The molecule has 2 rings (SSSR count). The van der Waals surface area contributed by atoms with Gasteiger partial charge >= 0.3 is 0 Å². The second kappa shape index (κ2) is 8.53. The van der Waals surface area contributed by atoms with Crippen LogP contribution >= 0.6 is 0 Å². The highest BCUT2D eigenvalue weighted by atomic mass is 16.1. The van der Waals surface area contributed by atoms with Crippen molar-refractivity contribution in [2.45, 2.75) is 64.3 Å². The number of amides is 1. The fourth-order valence-corrected chi connectivity index (χ4v) is 2.98. The molecule has 1 saturated carbocycles. The summed E-state index contributed by atoms with van der Waals surface area (Å²) < 4.78 is 0. The molecule has 0 aromatic heterocycles. The third-order valence-corrected chi connectivity index (χ3v) is 4.47. The van der Waals surface area contributed by atoms with E-state index in [1.54, 1.807) is 6.08 Å². The molecule has 1 aliphatic carbocycles. The summed E-state index contributed by atoms with van der Waals surface area (Å²) in [6, 6.07) is 10.3. The van der Waals surface area contributed by atoms with Gasteiger partial charge in [-0.1, -0.05) is 63.8 Å². The van der Waals surface area contributed by atoms with E-state index in [0.29, 0.717) is 5.92 Å². The number of benzene rings is 1. The Kier molecular flexibility index (Phi) is 6.40. The van der Waals surface area contributed by atoms with Gasteiger partial charge in [0.05, 0.1) is 0 Å². The number of carbonyl (C=O) groups excluding carboxylic acids is 1. The van der Waals surface area contributed by atoms with Gasteiger partial charge in [-0.2, -0.15) is 5.26 Å². The Morgan fingerprint density at radius 3 is 2.30 bits per heavy atom. The van der Waals surface area contributed by atoms with Gasteiger partial charge in [-0.15, -0.1) is 0 Å². The molecule has 0 spiro atoms. The topological polar surface area (TPSA) is 52.9 Å². The molecule has 122 valence electrons. The quantitative estimate of drug-likeness (QED) is 0.503. The highest BCUT2D eigenvalue weighted by Gasteiger charge is 2.17. The highest BCUT2D eigenvalue weighted by molar-refractivity contribution is 6.01. The number of rotatable bonds is 4. The maximum atomic E-state index is 12.3. The summed E-state index contributed by atoms with van der Waals surface area (Å²) in [5.41, 5.74) is 2.33. The lowest BCUT2D eigenvalue weighted by molar-refractivity contribution is -0.117. The molecule has 0 bridgehead atoms. The van der Waals surface area contributed by atoms with E-state index in [2.05, 4.69) is 31.3 Å². The van der Waals surface area contributed by atoms with E-state index in [0.717, 1.165) is 31.2 Å². The first kappa shape index (κ1) is 17.3. The van der Waals surface area contributed by atoms with Gasteiger partial charge < -0.3 is 5.32 Å². The standard InChI is InChI=1S/C20H26N2O/c1-15(2)17-11-9-16(10-12-17)13-18(14-21)20(23)22-19-7-5-3-4-6-8-19/h9-13,15,19H,3-8H2,1-2H3,(H,22,23). The predicted octanol–water partition coefficient (Wildman–Crippen LogP) is 4.56. The molecule has 23 heavy (non-hydrogen) atoms. The predicted molar refractivity (Wildman–Crippen MR) is 93.8 cm³/mol. The summed E-state index contributed by atoms with van der Waals surface area (Å²) in [5, 5.41) is 12.3. The Balaban J connectivity index is 2.05. The van der Waals surface area contributed by atoms with Crippen LogP contribution in [-0.4, -0.2) is 11.9 Å². The smallest absolute Gasteiger partial charge is 0.262 e. The van der Waals surface area contributed by atoms with Gasteiger partial charge in [-0.3, -0.25) is 4.79 Å². The summed E-state index contributed by atoms with van der Waals surface area (Å²) in [5.74, 6) is 0.231. The fourth-order valence-electron chi connectivity index (χ4n) is 2.98. The zero-order chi connectivity index (χ0) is 16.7. The van der Waals surface area contributed by atoms with Gasteiger partial charge in [0, 0.05) is 6.04 Å². The lowest BCUT2D eigenvalue weighted by Crippen LogP contribution is -2.35. The van der Waals surface area contributed by atoms with E-state index in [1.165, 1.54) is 18.4 Å². The average Bonchev–Trinajstić information content (AvgIpc) is 2.81. The van der Waals surface area contributed by atoms with Crippen molar-refractivity contribution in [3.8, 4) is 6.07 Å². The summed E-state index contributed by atoms with van der Waals surface area (Å²) in [6.07, 6.45) is 8.53. The first-order chi connectivity index (χ1) is 11.1. The van der Waals surface area contributed by atoms with Crippen LogP contribution in [-0.2, 0) is 4.79 Å². The van der Waals surface area contributed by atoms with Crippen molar-refractivity contribution in [3.63, 3.8) is 0 Å². The third kappa shape index (κ3) is 5.25. The number of nitrogens with one attached hydrogen (secondary N) is 1. The van der Waals surface area contributed by atoms with E-state index < -0.39 is 0 Å². The van der Waals surface area contributed by atoms with Crippen LogP contribution in [0.2, 0.25) is 0 Å². The van der Waals surface area contributed by atoms with Crippen LogP contribution in [0.5, 0.6) is 0 Å². The Morgan fingerprint density at radius 1 is 1.17 bits per heavy atom. The lowest BCUT2D eigenvalue weighted by atomic mass is 10.0. The average molecular weight is 310 g/mol. The third-order valence-electron chi connectivity index (χ3n) is 4.47. The van der Waals surface area contributed by atoms with E-state index >= 15 is 0 Å². The van der Waals surface area contributed by atoms with Crippen molar-refractivity contribution >= 4 is 12.0 Å². The monoisotopic (exact) mass is 310 g/mol. The molecule has 0 heterocycles. The molecule has 1 amide bonds. The summed E-state index contributed by atoms with van der Waals surface area (Å²) >= 11 is 0. The van der Waals surface area contributed by atoms with Crippen LogP contribution in [0, 0.1) is 11.3 Å². The largest absolute Gasteiger partial charge is 0.349 e. The summed E-state index contributed by atoms with van der Waals surface area (Å²) in [7, 11) is 0. The van der Waals surface area contributed by atoms with E-state index in [-0.39, 0.29) is 17.5 Å². The van der Waals surface area contributed by atoms with Gasteiger partial charge in [-0.25, -0.2) is 0 Å². The Hall–Kier alpha value is -2.08. The highest BCUT2D eigenvalue weighted by Crippen LogP contribution is 2.19. The molecule has 3 nitrogen and oxygen atoms in total. The van der Waals surface area contributed by atoms with E-state index in [9.17, 15) is 10.1 Å². The number of hydrogen-bond acceptors (Lipinski definition) is 2. The van der Waals surface area contributed by atoms with Gasteiger partial charge in [0.15, 0.2) is 0 Å². The molecule has 0 saturated heterocycles. The van der Waals surface area contributed by atoms with Crippen molar-refractivity contribution in [2.75, 3.05) is 0 Å². The number of nitrogens with zero attached hydrogens (tertiary/aromatic N) is 1.